The third kappa shape index (κ3) is 3.59. The average molecular weight is 378 g/mol. The molecule has 6 nitrogen and oxygen atoms in total. The number of amides is 2. The number of piperidine rings is 1. The van der Waals surface area contributed by atoms with Crippen molar-refractivity contribution in [3.63, 3.8) is 0 Å². The number of fused-ring (bicyclic) bond motifs is 1. The first-order valence-electron chi connectivity index (χ1n) is 10.1. The summed E-state index contributed by atoms with van der Waals surface area (Å²) in [7, 11) is 0. The average Bonchev–Trinajstić information content (AvgIpc) is 2.75. The Hall–Kier alpha value is -2.89. The molecule has 146 valence electrons. The van der Waals surface area contributed by atoms with Gasteiger partial charge in [-0.1, -0.05) is 37.3 Å². The van der Waals surface area contributed by atoms with E-state index in [2.05, 4.69) is 17.2 Å². The van der Waals surface area contributed by atoms with Crippen molar-refractivity contribution in [3.8, 4) is 0 Å². The first-order valence-corrected chi connectivity index (χ1v) is 10.1. The first kappa shape index (κ1) is 18.5. The number of nitrogens with zero attached hydrogens (tertiary/aromatic N) is 3. The van der Waals surface area contributed by atoms with Gasteiger partial charge in [-0.2, -0.15) is 0 Å². The maximum absolute atomic E-state index is 13.2. The maximum atomic E-state index is 13.2. The van der Waals surface area contributed by atoms with Crippen LogP contribution in [0.5, 0.6) is 0 Å². The van der Waals surface area contributed by atoms with E-state index in [0.717, 1.165) is 31.4 Å². The largest absolute Gasteiger partial charge is 0.359 e. The van der Waals surface area contributed by atoms with Crippen molar-refractivity contribution in [1.82, 2.24) is 9.88 Å². The predicted octanol–water partition coefficient (Wildman–Crippen LogP) is 3.45. The van der Waals surface area contributed by atoms with Gasteiger partial charge in [-0.05, 0) is 37.3 Å². The van der Waals surface area contributed by atoms with Gasteiger partial charge in [-0.25, -0.2) is 4.98 Å². The number of nitrogens with one attached hydrogen (secondary N) is 1. The van der Waals surface area contributed by atoms with Crippen LogP contribution in [0.3, 0.4) is 0 Å². The number of rotatable bonds is 4. The second-order valence-electron chi connectivity index (χ2n) is 7.47. The fraction of sp³-hybridized carbons (Fsp3) is 0.409. The van der Waals surface area contributed by atoms with E-state index in [0.29, 0.717) is 23.6 Å². The highest BCUT2D eigenvalue weighted by atomic mass is 16.2. The minimum Gasteiger partial charge on any atom is -0.359 e. The van der Waals surface area contributed by atoms with Gasteiger partial charge in [0.2, 0.25) is 5.91 Å². The highest BCUT2D eigenvalue weighted by Gasteiger charge is 2.30. The number of hydrogen-bond donors (Lipinski definition) is 1. The van der Waals surface area contributed by atoms with E-state index in [9.17, 15) is 9.59 Å². The van der Waals surface area contributed by atoms with Gasteiger partial charge in [0.15, 0.2) is 5.82 Å². The van der Waals surface area contributed by atoms with Gasteiger partial charge >= 0.3 is 0 Å². The molecule has 3 heterocycles. The van der Waals surface area contributed by atoms with Gasteiger partial charge in [0.25, 0.3) is 5.91 Å². The molecule has 2 aromatic rings. The van der Waals surface area contributed by atoms with E-state index in [1.165, 1.54) is 6.42 Å². The molecular weight excluding hydrogens is 352 g/mol. The molecule has 1 aromatic heterocycles. The Bertz CT molecular complexity index is 868. The lowest BCUT2D eigenvalue weighted by Gasteiger charge is -2.36. The highest BCUT2D eigenvalue weighted by Crippen LogP contribution is 2.31. The van der Waals surface area contributed by atoms with Crippen LogP contribution in [0, 0.1) is 0 Å². The lowest BCUT2D eigenvalue weighted by Crippen LogP contribution is -2.44. The monoisotopic (exact) mass is 378 g/mol. The molecule has 1 unspecified atom stereocenters. The van der Waals surface area contributed by atoms with Gasteiger partial charge in [-0.3, -0.25) is 9.59 Å². The molecule has 4 rings (SSSR count). The molecule has 1 N–H and O–H groups in total. The quantitative estimate of drug-likeness (QED) is 0.885. The van der Waals surface area contributed by atoms with Crippen LogP contribution >= 0.6 is 0 Å². The summed E-state index contributed by atoms with van der Waals surface area (Å²) >= 11 is 0. The summed E-state index contributed by atoms with van der Waals surface area (Å²) in [4.78, 5) is 33.9. The summed E-state index contributed by atoms with van der Waals surface area (Å²) in [6.07, 6.45) is 5.87. The van der Waals surface area contributed by atoms with Crippen molar-refractivity contribution in [1.29, 1.82) is 0 Å². The van der Waals surface area contributed by atoms with Crippen LogP contribution in [0.4, 0.5) is 11.5 Å². The molecule has 2 aliphatic heterocycles. The fourth-order valence-electron chi connectivity index (χ4n) is 4.10. The number of anilines is 2. The molecule has 1 saturated heterocycles. The molecule has 0 radical (unpaired) electrons. The first-order chi connectivity index (χ1) is 13.7. The fourth-order valence-corrected chi connectivity index (χ4v) is 4.10. The summed E-state index contributed by atoms with van der Waals surface area (Å²) in [6.45, 7) is 3.60. The van der Waals surface area contributed by atoms with Crippen LogP contribution in [0.1, 0.15) is 48.5 Å². The van der Waals surface area contributed by atoms with Crippen molar-refractivity contribution in [3.05, 3.63) is 53.7 Å². The van der Waals surface area contributed by atoms with Gasteiger partial charge in [0.05, 0.1) is 24.3 Å². The number of carbonyl (C=O) groups excluding carboxylic acids is 2. The molecule has 1 aromatic carbocycles. The lowest BCUT2D eigenvalue weighted by atomic mass is 9.99. The Balaban J connectivity index is 1.64. The second-order valence-corrected chi connectivity index (χ2v) is 7.47. The van der Waals surface area contributed by atoms with E-state index in [1.54, 1.807) is 11.1 Å². The van der Waals surface area contributed by atoms with Crippen molar-refractivity contribution >= 4 is 23.3 Å². The number of benzene rings is 1. The Kier molecular flexibility index (Phi) is 5.28. The zero-order chi connectivity index (χ0) is 19.5. The summed E-state index contributed by atoms with van der Waals surface area (Å²) in [5, 5.41) is 3.07. The van der Waals surface area contributed by atoms with Crippen LogP contribution in [0.2, 0.25) is 0 Å². The van der Waals surface area contributed by atoms with E-state index >= 15 is 0 Å². The zero-order valence-corrected chi connectivity index (χ0v) is 16.2. The third-order valence-corrected chi connectivity index (χ3v) is 5.66. The molecule has 1 atom stereocenters. The van der Waals surface area contributed by atoms with E-state index in [1.807, 2.05) is 41.3 Å². The number of likely N-dealkylation sites (tertiary alicyclic amines) is 1. The Morgan fingerprint density at radius 1 is 1.25 bits per heavy atom. The topological polar surface area (TPSA) is 65.5 Å². The molecule has 2 amide bonds. The SMILES string of the molecule is CCC1CCCCN1C(=O)c1cnc2c(c1)N(Cc1ccccc1)C(=O)CN2. The number of aromatic nitrogens is 1. The van der Waals surface area contributed by atoms with Crippen molar-refractivity contribution < 1.29 is 9.59 Å². The number of carbonyl (C=O) groups is 2. The van der Waals surface area contributed by atoms with Crippen LogP contribution in [-0.4, -0.2) is 40.8 Å². The molecule has 0 bridgehead atoms. The Morgan fingerprint density at radius 2 is 2.07 bits per heavy atom. The predicted molar refractivity (Wildman–Crippen MR) is 109 cm³/mol. The minimum absolute atomic E-state index is 0.0135. The third-order valence-electron chi connectivity index (χ3n) is 5.66. The normalized spacial score (nSPS) is 19.2. The van der Waals surface area contributed by atoms with Crippen LogP contribution in [-0.2, 0) is 11.3 Å². The van der Waals surface area contributed by atoms with Gasteiger partial charge in [0, 0.05) is 18.8 Å². The lowest BCUT2D eigenvalue weighted by molar-refractivity contribution is -0.117. The maximum Gasteiger partial charge on any atom is 0.255 e. The van der Waals surface area contributed by atoms with Gasteiger partial charge in [-0.15, -0.1) is 0 Å². The summed E-state index contributed by atoms with van der Waals surface area (Å²) in [5.41, 5.74) is 2.27. The standard InChI is InChI=1S/C22H26N4O2/c1-2-18-10-6-7-11-25(18)22(28)17-12-19-21(23-13-17)24-14-20(27)26(19)15-16-8-4-3-5-9-16/h3-5,8-9,12-13,18H,2,6-7,10-11,14-15H2,1H3,(H,23,24). The second kappa shape index (κ2) is 8.00. The van der Waals surface area contributed by atoms with Crippen LogP contribution in [0.15, 0.2) is 42.6 Å². The molecule has 0 spiro atoms. The van der Waals surface area contributed by atoms with Crippen molar-refractivity contribution in [2.75, 3.05) is 23.3 Å². The van der Waals surface area contributed by atoms with E-state index < -0.39 is 0 Å². The Labute approximate surface area is 165 Å². The van der Waals surface area contributed by atoms with E-state index in [4.69, 9.17) is 0 Å². The molecule has 0 aliphatic carbocycles. The molecule has 28 heavy (non-hydrogen) atoms. The number of pyridine rings is 1. The molecule has 6 heteroatoms. The van der Waals surface area contributed by atoms with Crippen LogP contribution in [0.25, 0.3) is 0 Å². The number of hydrogen-bond acceptors (Lipinski definition) is 4. The molecule has 2 aliphatic rings. The molecule has 0 saturated carbocycles. The smallest absolute Gasteiger partial charge is 0.255 e. The zero-order valence-electron chi connectivity index (χ0n) is 16.2. The molecular formula is C22H26N4O2. The highest BCUT2D eigenvalue weighted by molar-refractivity contribution is 6.04. The van der Waals surface area contributed by atoms with Crippen LogP contribution < -0.4 is 10.2 Å². The molecule has 1 fully saturated rings. The summed E-state index contributed by atoms with van der Waals surface area (Å²) < 4.78 is 0. The van der Waals surface area contributed by atoms with Gasteiger partial charge < -0.3 is 15.1 Å². The van der Waals surface area contributed by atoms with Gasteiger partial charge in [0.1, 0.15) is 0 Å². The Morgan fingerprint density at radius 3 is 2.86 bits per heavy atom. The van der Waals surface area contributed by atoms with E-state index in [-0.39, 0.29) is 24.4 Å². The summed E-state index contributed by atoms with van der Waals surface area (Å²) in [5.74, 6) is 0.643. The van der Waals surface area contributed by atoms with Crippen molar-refractivity contribution in [2.24, 2.45) is 0 Å². The van der Waals surface area contributed by atoms with Crippen molar-refractivity contribution in [2.45, 2.75) is 45.2 Å². The minimum atomic E-state index is -0.0211. The summed E-state index contributed by atoms with van der Waals surface area (Å²) in [6, 6.07) is 12.0.